The number of imidazole rings is 1. The Morgan fingerprint density at radius 2 is 1.92 bits per heavy atom. The molecule has 0 aliphatic carbocycles. The highest BCUT2D eigenvalue weighted by Gasteiger charge is 2.12. The highest BCUT2D eigenvalue weighted by atomic mass is 16.1. The van der Waals surface area contributed by atoms with Gasteiger partial charge in [0, 0.05) is 17.8 Å². The zero-order valence-corrected chi connectivity index (χ0v) is 14.0. The van der Waals surface area contributed by atoms with Crippen LogP contribution in [0.5, 0.6) is 0 Å². The van der Waals surface area contributed by atoms with E-state index in [0.717, 1.165) is 35.5 Å². The third kappa shape index (κ3) is 3.31. The zero-order chi connectivity index (χ0) is 16.9. The minimum Gasteiger partial charge on any atom is -0.352 e. The summed E-state index contributed by atoms with van der Waals surface area (Å²) in [5.41, 5.74) is 3.55. The molecule has 3 rings (SSSR count). The summed E-state index contributed by atoms with van der Waals surface area (Å²) >= 11 is 0. The van der Waals surface area contributed by atoms with Crippen LogP contribution >= 0.6 is 0 Å². The Bertz CT molecular complexity index is 839. The molecule has 0 saturated carbocycles. The first-order chi connectivity index (χ1) is 11.7. The third-order valence-electron chi connectivity index (χ3n) is 3.99. The number of fused-ring (bicyclic) bond motifs is 1. The lowest BCUT2D eigenvalue weighted by Crippen LogP contribution is -2.26. The molecule has 1 amide bonds. The summed E-state index contributed by atoms with van der Waals surface area (Å²) in [7, 11) is 1.90. The lowest BCUT2D eigenvalue weighted by atomic mass is 10.2. The molecule has 0 bridgehead atoms. The zero-order valence-electron chi connectivity index (χ0n) is 14.0. The van der Waals surface area contributed by atoms with Gasteiger partial charge in [0.2, 0.25) is 0 Å². The first-order valence-corrected chi connectivity index (χ1v) is 8.18. The largest absolute Gasteiger partial charge is 0.352 e. The quantitative estimate of drug-likeness (QED) is 0.686. The summed E-state index contributed by atoms with van der Waals surface area (Å²) in [6.45, 7) is 3.53. The van der Waals surface area contributed by atoms with E-state index in [2.05, 4.69) is 32.3 Å². The summed E-state index contributed by atoms with van der Waals surface area (Å²) in [4.78, 5) is 16.9. The molecule has 0 aliphatic rings. The maximum atomic E-state index is 12.2. The second-order valence-corrected chi connectivity index (χ2v) is 5.75. The number of aromatic nitrogens is 2. The van der Waals surface area contributed by atoms with E-state index in [0.29, 0.717) is 12.1 Å². The molecular weight excluding hydrogens is 300 g/mol. The smallest absolute Gasteiger partial charge is 0.251 e. The fourth-order valence-corrected chi connectivity index (χ4v) is 2.81. The first-order valence-electron chi connectivity index (χ1n) is 8.18. The van der Waals surface area contributed by atoms with Crippen molar-refractivity contribution in [3.63, 3.8) is 0 Å². The maximum absolute atomic E-state index is 12.2. The van der Waals surface area contributed by atoms with Crippen molar-refractivity contribution in [2.45, 2.75) is 13.3 Å². The van der Waals surface area contributed by atoms with Gasteiger partial charge in [-0.15, -0.1) is 0 Å². The predicted molar refractivity (Wildman–Crippen MR) is 96.7 cm³/mol. The van der Waals surface area contributed by atoms with Crippen LogP contribution in [-0.2, 0) is 0 Å². The Hall–Kier alpha value is -2.66. The van der Waals surface area contributed by atoms with E-state index in [1.54, 1.807) is 0 Å². The number of carbonyl (C=O) groups excluding carboxylic acids is 1. The number of aryl methyl sites for hydroxylation is 1. The van der Waals surface area contributed by atoms with Gasteiger partial charge in [-0.05, 0) is 57.3 Å². The van der Waals surface area contributed by atoms with Crippen molar-refractivity contribution < 1.29 is 4.79 Å². The van der Waals surface area contributed by atoms with Crippen LogP contribution in [0, 0.1) is 6.92 Å². The number of nitrogens with zero attached hydrogens (tertiary/aromatic N) is 2. The monoisotopic (exact) mass is 322 g/mol. The van der Waals surface area contributed by atoms with Gasteiger partial charge < -0.3 is 10.6 Å². The maximum Gasteiger partial charge on any atom is 0.251 e. The number of benzene rings is 2. The Morgan fingerprint density at radius 3 is 2.67 bits per heavy atom. The van der Waals surface area contributed by atoms with Crippen LogP contribution in [0.2, 0.25) is 0 Å². The number of nitrogens with one attached hydrogen (secondary N) is 2. The van der Waals surface area contributed by atoms with Crippen LogP contribution in [-0.4, -0.2) is 35.6 Å². The molecule has 1 heterocycles. The van der Waals surface area contributed by atoms with Gasteiger partial charge in [0.05, 0.1) is 11.0 Å². The molecule has 0 unspecified atom stereocenters. The van der Waals surface area contributed by atoms with Gasteiger partial charge in [-0.1, -0.05) is 18.2 Å². The van der Waals surface area contributed by atoms with Crippen molar-refractivity contribution in [3.8, 4) is 5.69 Å². The number of para-hydroxylation sites is 1. The Balaban J connectivity index is 1.86. The number of rotatable bonds is 6. The van der Waals surface area contributed by atoms with Crippen molar-refractivity contribution >= 4 is 16.9 Å². The fraction of sp³-hybridized carbons (Fsp3) is 0.263. The van der Waals surface area contributed by atoms with Crippen LogP contribution < -0.4 is 10.6 Å². The number of hydrogen-bond acceptors (Lipinski definition) is 3. The molecule has 0 fully saturated rings. The summed E-state index contributed by atoms with van der Waals surface area (Å²) in [5.74, 6) is 0.850. The summed E-state index contributed by atoms with van der Waals surface area (Å²) in [6, 6.07) is 15.8. The second-order valence-electron chi connectivity index (χ2n) is 5.75. The lowest BCUT2D eigenvalue weighted by molar-refractivity contribution is 0.0953. The van der Waals surface area contributed by atoms with Crippen LogP contribution in [0.3, 0.4) is 0 Å². The summed E-state index contributed by atoms with van der Waals surface area (Å²) < 4.78 is 2.10. The van der Waals surface area contributed by atoms with Gasteiger partial charge in [0.25, 0.3) is 5.91 Å². The van der Waals surface area contributed by atoms with Crippen molar-refractivity contribution in [1.29, 1.82) is 0 Å². The lowest BCUT2D eigenvalue weighted by Gasteiger charge is -2.07. The first kappa shape index (κ1) is 16.2. The van der Waals surface area contributed by atoms with Crippen LogP contribution in [0.1, 0.15) is 22.6 Å². The molecule has 2 N–H and O–H groups in total. The van der Waals surface area contributed by atoms with Gasteiger partial charge in [0.15, 0.2) is 0 Å². The summed E-state index contributed by atoms with van der Waals surface area (Å²) in [6.07, 6.45) is 0.909. The molecule has 1 aromatic heterocycles. The van der Waals surface area contributed by atoms with Gasteiger partial charge in [-0.2, -0.15) is 0 Å². The normalized spacial score (nSPS) is 10.9. The van der Waals surface area contributed by atoms with E-state index in [4.69, 9.17) is 0 Å². The van der Waals surface area contributed by atoms with Crippen LogP contribution in [0.25, 0.3) is 16.7 Å². The van der Waals surface area contributed by atoms with Gasteiger partial charge in [-0.3, -0.25) is 9.36 Å². The molecule has 5 heteroatoms. The van der Waals surface area contributed by atoms with E-state index in [9.17, 15) is 4.79 Å². The van der Waals surface area contributed by atoms with Crippen molar-refractivity contribution in [3.05, 3.63) is 59.9 Å². The molecule has 5 nitrogen and oxygen atoms in total. The van der Waals surface area contributed by atoms with Gasteiger partial charge in [-0.25, -0.2) is 4.98 Å². The second kappa shape index (κ2) is 7.27. The average molecular weight is 322 g/mol. The van der Waals surface area contributed by atoms with E-state index >= 15 is 0 Å². The number of amides is 1. The molecule has 0 aliphatic heterocycles. The highest BCUT2D eigenvalue weighted by Crippen LogP contribution is 2.22. The fourth-order valence-electron chi connectivity index (χ4n) is 2.81. The molecule has 0 atom stereocenters. The van der Waals surface area contributed by atoms with Crippen molar-refractivity contribution in [2.24, 2.45) is 0 Å². The molecule has 124 valence electrons. The van der Waals surface area contributed by atoms with E-state index in [1.165, 1.54) is 0 Å². The number of hydrogen-bond donors (Lipinski definition) is 2. The van der Waals surface area contributed by atoms with Crippen LogP contribution in [0.15, 0.2) is 48.5 Å². The molecular formula is C19H22N4O. The average Bonchev–Trinajstić information content (AvgIpc) is 2.94. The van der Waals surface area contributed by atoms with Gasteiger partial charge >= 0.3 is 0 Å². The van der Waals surface area contributed by atoms with E-state index in [1.807, 2.05) is 50.4 Å². The van der Waals surface area contributed by atoms with Crippen LogP contribution in [0.4, 0.5) is 0 Å². The Morgan fingerprint density at radius 1 is 1.12 bits per heavy atom. The van der Waals surface area contributed by atoms with E-state index < -0.39 is 0 Å². The van der Waals surface area contributed by atoms with Crippen molar-refractivity contribution in [2.75, 3.05) is 20.1 Å². The highest BCUT2D eigenvalue weighted by molar-refractivity contribution is 5.97. The van der Waals surface area contributed by atoms with E-state index in [-0.39, 0.29) is 5.91 Å². The predicted octanol–water partition coefficient (Wildman–Crippen LogP) is 2.67. The molecule has 0 saturated heterocycles. The Kier molecular flexibility index (Phi) is 4.91. The van der Waals surface area contributed by atoms with Gasteiger partial charge in [0.1, 0.15) is 5.82 Å². The minimum absolute atomic E-state index is 0.0556. The molecule has 24 heavy (non-hydrogen) atoms. The minimum atomic E-state index is -0.0556. The molecule has 0 spiro atoms. The SMILES string of the molecule is CNCCCNC(=O)c1ccc2c(c1)nc(C)n2-c1ccccc1. The summed E-state index contributed by atoms with van der Waals surface area (Å²) in [5, 5.41) is 6.00. The molecule has 0 radical (unpaired) electrons. The molecule has 3 aromatic rings. The third-order valence-corrected chi connectivity index (χ3v) is 3.99. The Labute approximate surface area is 141 Å². The topological polar surface area (TPSA) is 58.9 Å². The van der Waals surface area contributed by atoms with Crippen molar-refractivity contribution in [1.82, 2.24) is 20.2 Å². The number of carbonyl (C=O) groups is 1. The standard InChI is InChI=1S/C19H22N4O/c1-14-22-17-13-15(19(24)21-12-6-11-20-2)9-10-18(17)23(14)16-7-4-3-5-8-16/h3-5,7-10,13,20H,6,11-12H2,1-2H3,(H,21,24). The molecule has 2 aromatic carbocycles.